The molecule has 1 atom stereocenters. The molecule has 90 valence electrons. The zero-order valence-corrected chi connectivity index (χ0v) is 10.1. The van der Waals surface area contributed by atoms with Crippen LogP contribution in [-0.2, 0) is 14.8 Å². The fourth-order valence-corrected chi connectivity index (χ4v) is 2.92. The SMILES string of the molecule is CC(C)(N)CNS(=O)(=O)C1CCCOC1. The minimum absolute atomic E-state index is 0.256. The maximum atomic E-state index is 11.8. The second-order valence-electron chi connectivity index (χ2n) is 4.69. The Morgan fingerprint density at radius 1 is 1.53 bits per heavy atom. The molecule has 1 aliphatic heterocycles. The molecular formula is C9H20N2O3S. The maximum absolute atomic E-state index is 11.8. The summed E-state index contributed by atoms with van der Waals surface area (Å²) in [6.07, 6.45) is 1.47. The lowest BCUT2D eigenvalue weighted by molar-refractivity contribution is 0.0987. The molecule has 1 aliphatic rings. The molecule has 15 heavy (non-hydrogen) atoms. The van der Waals surface area contributed by atoms with E-state index < -0.39 is 20.8 Å². The summed E-state index contributed by atoms with van der Waals surface area (Å²) in [6, 6.07) is 0. The third kappa shape index (κ3) is 4.46. The van der Waals surface area contributed by atoms with Crippen molar-refractivity contribution in [1.82, 2.24) is 4.72 Å². The normalized spacial score (nSPS) is 24.1. The van der Waals surface area contributed by atoms with Crippen molar-refractivity contribution in [1.29, 1.82) is 0 Å². The van der Waals surface area contributed by atoms with Crippen molar-refractivity contribution in [3.63, 3.8) is 0 Å². The van der Waals surface area contributed by atoms with E-state index in [0.717, 1.165) is 6.42 Å². The molecule has 0 amide bonds. The summed E-state index contributed by atoms with van der Waals surface area (Å²) in [5, 5.41) is -0.423. The fraction of sp³-hybridized carbons (Fsp3) is 1.00. The van der Waals surface area contributed by atoms with E-state index >= 15 is 0 Å². The highest BCUT2D eigenvalue weighted by Gasteiger charge is 2.28. The summed E-state index contributed by atoms with van der Waals surface area (Å²) < 4.78 is 31.3. The average Bonchev–Trinajstić information content (AvgIpc) is 2.16. The van der Waals surface area contributed by atoms with Gasteiger partial charge in [0, 0.05) is 18.7 Å². The van der Waals surface area contributed by atoms with Crippen LogP contribution in [0.25, 0.3) is 0 Å². The van der Waals surface area contributed by atoms with Crippen LogP contribution in [-0.4, -0.2) is 39.0 Å². The Kier molecular flexibility index (Phi) is 4.11. The van der Waals surface area contributed by atoms with Gasteiger partial charge in [-0.15, -0.1) is 0 Å². The first-order valence-electron chi connectivity index (χ1n) is 5.16. The quantitative estimate of drug-likeness (QED) is 0.709. The summed E-state index contributed by atoms with van der Waals surface area (Å²) in [6.45, 7) is 4.78. The summed E-state index contributed by atoms with van der Waals surface area (Å²) >= 11 is 0. The van der Waals surface area contributed by atoms with Crippen molar-refractivity contribution >= 4 is 10.0 Å². The summed E-state index contributed by atoms with van der Waals surface area (Å²) in [5.74, 6) is 0. The van der Waals surface area contributed by atoms with E-state index in [1.165, 1.54) is 0 Å². The Hall–Kier alpha value is -0.170. The van der Waals surface area contributed by atoms with Gasteiger partial charge in [0.25, 0.3) is 0 Å². The summed E-state index contributed by atoms with van der Waals surface area (Å²) in [5.41, 5.74) is 5.19. The van der Waals surface area contributed by atoms with Crippen LogP contribution in [0, 0.1) is 0 Å². The van der Waals surface area contributed by atoms with Gasteiger partial charge in [0.15, 0.2) is 0 Å². The van der Waals surface area contributed by atoms with Gasteiger partial charge in [-0.2, -0.15) is 0 Å². The molecule has 0 aliphatic carbocycles. The van der Waals surface area contributed by atoms with E-state index in [9.17, 15) is 8.42 Å². The molecule has 0 bridgehead atoms. The van der Waals surface area contributed by atoms with Crippen LogP contribution in [0.2, 0.25) is 0 Å². The molecule has 6 heteroatoms. The van der Waals surface area contributed by atoms with Crippen molar-refractivity contribution in [3.05, 3.63) is 0 Å². The van der Waals surface area contributed by atoms with E-state index in [2.05, 4.69) is 4.72 Å². The highest BCUT2D eigenvalue weighted by atomic mass is 32.2. The predicted molar refractivity (Wildman–Crippen MR) is 59.0 cm³/mol. The zero-order chi connectivity index (χ0) is 11.5. The zero-order valence-electron chi connectivity index (χ0n) is 9.32. The second-order valence-corrected chi connectivity index (χ2v) is 6.74. The maximum Gasteiger partial charge on any atom is 0.216 e. The molecule has 1 saturated heterocycles. The molecule has 1 unspecified atom stereocenters. The Labute approximate surface area is 91.4 Å². The summed E-state index contributed by atoms with van der Waals surface area (Å²) in [4.78, 5) is 0. The number of hydrogen-bond acceptors (Lipinski definition) is 4. The van der Waals surface area contributed by atoms with Crippen molar-refractivity contribution in [2.24, 2.45) is 5.73 Å². The lowest BCUT2D eigenvalue weighted by atomic mass is 10.1. The van der Waals surface area contributed by atoms with E-state index in [0.29, 0.717) is 19.6 Å². The fourth-order valence-electron chi connectivity index (χ4n) is 1.36. The van der Waals surface area contributed by atoms with E-state index in [-0.39, 0.29) is 6.54 Å². The summed E-state index contributed by atoms with van der Waals surface area (Å²) in [7, 11) is -3.27. The van der Waals surface area contributed by atoms with Crippen LogP contribution in [0.1, 0.15) is 26.7 Å². The van der Waals surface area contributed by atoms with Crippen LogP contribution in [0.5, 0.6) is 0 Å². The monoisotopic (exact) mass is 236 g/mol. The predicted octanol–water partition coefficient (Wildman–Crippen LogP) is -0.178. The number of nitrogens with two attached hydrogens (primary N) is 1. The molecule has 0 aromatic rings. The van der Waals surface area contributed by atoms with Crippen LogP contribution >= 0.6 is 0 Å². The van der Waals surface area contributed by atoms with Crippen molar-refractivity contribution in [3.8, 4) is 0 Å². The first kappa shape index (κ1) is 12.9. The number of nitrogens with one attached hydrogen (secondary N) is 1. The highest BCUT2D eigenvalue weighted by molar-refractivity contribution is 7.90. The van der Waals surface area contributed by atoms with Gasteiger partial charge in [-0.25, -0.2) is 13.1 Å². The molecule has 3 N–H and O–H groups in total. The number of hydrogen-bond donors (Lipinski definition) is 2. The largest absolute Gasteiger partial charge is 0.380 e. The van der Waals surface area contributed by atoms with Gasteiger partial charge in [-0.3, -0.25) is 0 Å². The van der Waals surface area contributed by atoms with Crippen LogP contribution in [0.15, 0.2) is 0 Å². The Morgan fingerprint density at radius 2 is 2.20 bits per heavy atom. The van der Waals surface area contributed by atoms with Crippen molar-refractivity contribution in [2.45, 2.75) is 37.5 Å². The van der Waals surface area contributed by atoms with Crippen LogP contribution < -0.4 is 10.5 Å². The molecule has 0 aromatic carbocycles. The lowest BCUT2D eigenvalue weighted by Gasteiger charge is -2.25. The number of ether oxygens (including phenoxy) is 1. The van der Waals surface area contributed by atoms with Crippen molar-refractivity contribution < 1.29 is 13.2 Å². The van der Waals surface area contributed by atoms with Gasteiger partial charge in [-0.1, -0.05) is 0 Å². The Morgan fingerprint density at radius 3 is 2.67 bits per heavy atom. The molecule has 0 saturated carbocycles. The molecule has 5 nitrogen and oxygen atoms in total. The Balaban J connectivity index is 2.51. The average molecular weight is 236 g/mol. The van der Waals surface area contributed by atoms with Gasteiger partial charge in [0.05, 0.1) is 11.9 Å². The lowest BCUT2D eigenvalue weighted by Crippen LogP contribution is -2.48. The van der Waals surface area contributed by atoms with Gasteiger partial charge in [0.1, 0.15) is 0 Å². The van der Waals surface area contributed by atoms with E-state index in [4.69, 9.17) is 10.5 Å². The third-order valence-electron chi connectivity index (χ3n) is 2.29. The topological polar surface area (TPSA) is 81.4 Å². The second kappa shape index (κ2) is 4.78. The smallest absolute Gasteiger partial charge is 0.216 e. The minimum Gasteiger partial charge on any atom is -0.380 e. The van der Waals surface area contributed by atoms with Gasteiger partial charge in [-0.05, 0) is 26.7 Å². The highest BCUT2D eigenvalue weighted by Crippen LogP contribution is 2.13. The van der Waals surface area contributed by atoms with E-state index in [1.807, 2.05) is 0 Å². The first-order chi connectivity index (χ1) is 6.81. The number of sulfonamides is 1. The Bertz CT molecular complexity index is 289. The first-order valence-corrected chi connectivity index (χ1v) is 6.71. The van der Waals surface area contributed by atoms with Gasteiger partial charge >= 0.3 is 0 Å². The molecule has 1 fully saturated rings. The molecule has 1 rings (SSSR count). The van der Waals surface area contributed by atoms with Crippen LogP contribution in [0.3, 0.4) is 0 Å². The molecule has 0 spiro atoms. The van der Waals surface area contributed by atoms with Crippen molar-refractivity contribution in [2.75, 3.05) is 19.8 Å². The van der Waals surface area contributed by atoms with Gasteiger partial charge in [0.2, 0.25) is 10.0 Å². The third-order valence-corrected chi connectivity index (χ3v) is 4.08. The van der Waals surface area contributed by atoms with Gasteiger partial charge < -0.3 is 10.5 Å². The molecule has 0 aromatic heterocycles. The molecule has 1 heterocycles. The van der Waals surface area contributed by atoms with E-state index in [1.54, 1.807) is 13.8 Å². The standard InChI is InChI=1S/C9H20N2O3S/c1-9(2,10)7-11-15(12,13)8-4-3-5-14-6-8/h8,11H,3-7,10H2,1-2H3. The van der Waals surface area contributed by atoms with Crippen LogP contribution in [0.4, 0.5) is 0 Å². The number of rotatable bonds is 4. The minimum atomic E-state index is -3.27. The molecule has 0 radical (unpaired) electrons. The molecular weight excluding hydrogens is 216 g/mol.